The van der Waals surface area contributed by atoms with Gasteiger partial charge in [0.2, 0.25) is 5.89 Å². The number of hydrogen-bond donors (Lipinski definition) is 0. The number of hydrogen-bond acceptors (Lipinski definition) is 6. The van der Waals surface area contributed by atoms with Crippen molar-refractivity contribution in [3.63, 3.8) is 0 Å². The highest BCUT2D eigenvalue weighted by atomic mass is 32.2. The first kappa shape index (κ1) is 13.9. The molecule has 2 aromatic heterocycles. The van der Waals surface area contributed by atoms with Gasteiger partial charge in [0.15, 0.2) is 15.7 Å². The minimum atomic E-state index is -3.13. The molecule has 0 saturated heterocycles. The van der Waals surface area contributed by atoms with Crippen LogP contribution in [-0.4, -0.2) is 28.8 Å². The fraction of sp³-hybridized carbons (Fsp3) is 0.533. The van der Waals surface area contributed by atoms with E-state index >= 15 is 0 Å². The van der Waals surface area contributed by atoms with E-state index in [0.29, 0.717) is 5.82 Å². The second-order valence-corrected chi connectivity index (χ2v) is 8.47. The standard InChI is InChI=1S/C15H17N3O3S/c19-22(20,12-2-3-12)10-13-17-14(18-21-13)15(6-1-7-15)11-4-8-16-9-5-11/h4-5,8-9,12H,1-3,6-7,10H2. The maximum absolute atomic E-state index is 12.0. The summed E-state index contributed by atoms with van der Waals surface area (Å²) in [4.78, 5) is 8.45. The van der Waals surface area contributed by atoms with Gasteiger partial charge in [0.25, 0.3) is 0 Å². The first-order chi connectivity index (χ1) is 10.6. The number of rotatable bonds is 5. The van der Waals surface area contributed by atoms with Crippen molar-refractivity contribution < 1.29 is 12.9 Å². The van der Waals surface area contributed by atoms with E-state index in [1.165, 1.54) is 0 Å². The molecule has 2 saturated carbocycles. The summed E-state index contributed by atoms with van der Waals surface area (Å²) in [5, 5.41) is 3.87. The molecule has 0 radical (unpaired) electrons. The van der Waals surface area contributed by atoms with Crippen molar-refractivity contribution in [1.82, 2.24) is 15.1 Å². The maximum atomic E-state index is 12.0. The first-order valence-corrected chi connectivity index (χ1v) is 9.27. The molecule has 0 N–H and O–H groups in total. The van der Waals surface area contributed by atoms with Crippen molar-refractivity contribution in [3.8, 4) is 0 Å². The molecule has 2 aliphatic rings. The van der Waals surface area contributed by atoms with E-state index in [2.05, 4.69) is 15.1 Å². The van der Waals surface area contributed by atoms with Gasteiger partial charge in [-0.05, 0) is 43.4 Å². The van der Waals surface area contributed by atoms with Crippen LogP contribution in [0.1, 0.15) is 49.4 Å². The van der Waals surface area contributed by atoms with E-state index in [1.54, 1.807) is 12.4 Å². The second-order valence-electron chi connectivity index (χ2n) is 6.19. The van der Waals surface area contributed by atoms with Crippen LogP contribution in [0.25, 0.3) is 0 Å². The van der Waals surface area contributed by atoms with Gasteiger partial charge in [-0.3, -0.25) is 4.98 Å². The van der Waals surface area contributed by atoms with Crippen molar-refractivity contribution in [2.24, 2.45) is 0 Å². The monoisotopic (exact) mass is 319 g/mol. The van der Waals surface area contributed by atoms with Crippen LogP contribution < -0.4 is 0 Å². The Morgan fingerprint density at radius 1 is 1.23 bits per heavy atom. The molecule has 6 nitrogen and oxygen atoms in total. The first-order valence-electron chi connectivity index (χ1n) is 7.55. The van der Waals surface area contributed by atoms with Gasteiger partial charge in [0.05, 0.1) is 10.7 Å². The summed E-state index contributed by atoms with van der Waals surface area (Å²) >= 11 is 0. The molecule has 2 aromatic rings. The van der Waals surface area contributed by atoms with E-state index in [0.717, 1.165) is 37.7 Å². The van der Waals surface area contributed by atoms with Crippen molar-refractivity contribution in [2.45, 2.75) is 48.5 Å². The van der Waals surface area contributed by atoms with Crippen LogP contribution in [0, 0.1) is 0 Å². The van der Waals surface area contributed by atoms with E-state index < -0.39 is 9.84 Å². The minimum Gasteiger partial charge on any atom is -0.338 e. The molecule has 0 aliphatic heterocycles. The molecule has 0 spiro atoms. The smallest absolute Gasteiger partial charge is 0.241 e. The average Bonchev–Trinajstić information content (AvgIpc) is 3.23. The molecule has 116 valence electrons. The topological polar surface area (TPSA) is 86.0 Å². The van der Waals surface area contributed by atoms with Crippen LogP contribution in [0.3, 0.4) is 0 Å². The molecule has 0 amide bonds. The summed E-state index contributed by atoms with van der Waals surface area (Å²) in [5.74, 6) is 0.671. The van der Waals surface area contributed by atoms with Gasteiger partial charge in [0, 0.05) is 12.4 Å². The van der Waals surface area contributed by atoms with Crippen LogP contribution in [0.5, 0.6) is 0 Å². The van der Waals surface area contributed by atoms with Crippen LogP contribution in [0.4, 0.5) is 0 Å². The average molecular weight is 319 g/mol. The molecule has 0 atom stereocenters. The quantitative estimate of drug-likeness (QED) is 0.838. The minimum absolute atomic E-state index is 0.142. The Labute approximate surface area is 128 Å². The summed E-state index contributed by atoms with van der Waals surface area (Å²) in [7, 11) is -3.13. The van der Waals surface area contributed by atoms with Crippen LogP contribution in [-0.2, 0) is 21.0 Å². The third-order valence-corrected chi connectivity index (χ3v) is 6.83. The molecule has 2 heterocycles. The van der Waals surface area contributed by atoms with E-state index in [1.807, 2.05) is 12.1 Å². The zero-order valence-electron chi connectivity index (χ0n) is 12.1. The highest BCUT2D eigenvalue weighted by Gasteiger charge is 2.45. The Morgan fingerprint density at radius 2 is 1.95 bits per heavy atom. The lowest BCUT2D eigenvalue weighted by Gasteiger charge is -2.39. The summed E-state index contributed by atoms with van der Waals surface area (Å²) in [6.45, 7) is 0. The largest absolute Gasteiger partial charge is 0.338 e. The van der Waals surface area contributed by atoms with Gasteiger partial charge >= 0.3 is 0 Å². The van der Waals surface area contributed by atoms with E-state index in [-0.39, 0.29) is 22.3 Å². The maximum Gasteiger partial charge on any atom is 0.241 e. The normalized spacial score (nSPS) is 20.5. The van der Waals surface area contributed by atoms with Crippen LogP contribution in [0.15, 0.2) is 29.0 Å². The van der Waals surface area contributed by atoms with Crippen molar-refractivity contribution in [1.29, 1.82) is 0 Å². The predicted molar refractivity (Wildman–Crippen MR) is 78.8 cm³/mol. The Kier molecular flexibility index (Phi) is 3.07. The third kappa shape index (κ3) is 2.24. The third-order valence-electron chi connectivity index (χ3n) is 4.69. The molecule has 0 unspecified atom stereocenters. The van der Waals surface area contributed by atoms with Gasteiger partial charge in [-0.2, -0.15) is 4.98 Å². The molecule has 2 aliphatic carbocycles. The van der Waals surface area contributed by atoms with Gasteiger partial charge < -0.3 is 4.52 Å². The Bertz CT molecular complexity index is 777. The molecular weight excluding hydrogens is 302 g/mol. The van der Waals surface area contributed by atoms with Gasteiger partial charge in [-0.25, -0.2) is 8.42 Å². The molecule has 0 aromatic carbocycles. The highest BCUT2D eigenvalue weighted by Crippen LogP contribution is 2.47. The summed E-state index contributed by atoms with van der Waals surface area (Å²) < 4.78 is 29.3. The molecule has 7 heteroatoms. The summed E-state index contributed by atoms with van der Waals surface area (Å²) in [6.07, 6.45) is 8.03. The molecule has 4 rings (SSSR count). The SMILES string of the molecule is O=S(=O)(Cc1nc(C2(c3ccncc3)CCC2)no1)C1CC1. The number of aromatic nitrogens is 3. The lowest BCUT2D eigenvalue weighted by molar-refractivity contribution is 0.271. The van der Waals surface area contributed by atoms with E-state index in [4.69, 9.17) is 4.52 Å². The van der Waals surface area contributed by atoms with Crippen molar-refractivity contribution in [2.75, 3.05) is 0 Å². The highest BCUT2D eigenvalue weighted by molar-refractivity contribution is 7.91. The number of sulfone groups is 1. The molecule has 22 heavy (non-hydrogen) atoms. The summed E-state index contributed by atoms with van der Waals surface area (Å²) in [5.41, 5.74) is 0.875. The fourth-order valence-electron chi connectivity index (χ4n) is 3.07. The van der Waals surface area contributed by atoms with Crippen LogP contribution in [0.2, 0.25) is 0 Å². The lowest BCUT2D eigenvalue weighted by atomic mass is 9.64. The van der Waals surface area contributed by atoms with Gasteiger partial charge in [-0.1, -0.05) is 11.6 Å². The zero-order chi connectivity index (χ0) is 15.2. The Balaban J connectivity index is 1.63. The van der Waals surface area contributed by atoms with Crippen molar-refractivity contribution >= 4 is 9.84 Å². The molecule has 2 fully saturated rings. The predicted octanol–water partition coefficient (Wildman–Crippen LogP) is 2.01. The Morgan fingerprint density at radius 3 is 2.55 bits per heavy atom. The van der Waals surface area contributed by atoms with Crippen molar-refractivity contribution in [3.05, 3.63) is 41.8 Å². The fourth-order valence-corrected chi connectivity index (χ4v) is 4.62. The molecular formula is C15H17N3O3S. The second kappa shape index (κ2) is 4.87. The lowest BCUT2D eigenvalue weighted by Crippen LogP contribution is -2.36. The van der Waals surface area contributed by atoms with E-state index in [9.17, 15) is 8.42 Å². The number of nitrogens with zero attached hydrogens (tertiary/aromatic N) is 3. The number of pyridine rings is 1. The van der Waals surface area contributed by atoms with Crippen LogP contribution >= 0.6 is 0 Å². The zero-order valence-corrected chi connectivity index (χ0v) is 12.9. The summed E-state index contributed by atoms with van der Waals surface area (Å²) in [6, 6.07) is 3.94. The Hall–Kier alpha value is -1.76. The van der Waals surface area contributed by atoms with Gasteiger partial charge in [-0.15, -0.1) is 0 Å². The van der Waals surface area contributed by atoms with Gasteiger partial charge in [0.1, 0.15) is 5.75 Å². The molecule has 0 bridgehead atoms.